The van der Waals surface area contributed by atoms with Crippen LogP contribution in [-0.4, -0.2) is 6.11 Å². The topological polar surface area (TPSA) is 9.23 Å². The van der Waals surface area contributed by atoms with Crippen LogP contribution in [0.3, 0.4) is 0 Å². The van der Waals surface area contributed by atoms with Crippen molar-refractivity contribution in [3.8, 4) is 0 Å². The van der Waals surface area contributed by atoms with Crippen molar-refractivity contribution in [2.45, 2.75) is 19.5 Å². The molecule has 0 rings (SSSR count). The van der Waals surface area contributed by atoms with Crippen molar-refractivity contribution in [3.05, 3.63) is 12.6 Å². The van der Waals surface area contributed by atoms with Gasteiger partial charge in [0.1, 0.15) is 0 Å². The molecule has 0 fully saturated rings. The van der Waals surface area contributed by atoms with Crippen LogP contribution < -0.4 is 0 Å². The maximum Gasteiger partial charge on any atom is 0.399 e. The molecule has 0 saturated carbocycles. The summed E-state index contributed by atoms with van der Waals surface area (Å²) in [7, 11) is 0. The number of rotatable bonds is 3. The standard InChI is InChI=1S/C5H7F3O/c1-3-5(7,8)9-4(2)6/h2-3H2,1H3. The molecule has 9 heavy (non-hydrogen) atoms. The zero-order chi connectivity index (χ0) is 7.49. The van der Waals surface area contributed by atoms with E-state index >= 15 is 0 Å². The average molecular weight is 140 g/mol. The highest BCUT2D eigenvalue weighted by Crippen LogP contribution is 2.22. The first kappa shape index (κ1) is 8.33. The molecule has 0 aliphatic heterocycles. The molecule has 0 aromatic carbocycles. The minimum Gasteiger partial charge on any atom is -0.407 e. The van der Waals surface area contributed by atoms with E-state index < -0.39 is 18.5 Å². The number of halogens is 3. The predicted octanol–water partition coefficient (Wildman–Crippen LogP) is 2.45. The third kappa shape index (κ3) is 3.88. The summed E-state index contributed by atoms with van der Waals surface area (Å²) >= 11 is 0. The summed E-state index contributed by atoms with van der Waals surface area (Å²) in [4.78, 5) is 0. The van der Waals surface area contributed by atoms with Gasteiger partial charge in [0.2, 0.25) is 0 Å². The third-order valence-electron chi connectivity index (χ3n) is 0.672. The summed E-state index contributed by atoms with van der Waals surface area (Å²) in [6, 6.07) is -1.46. The van der Waals surface area contributed by atoms with Crippen molar-refractivity contribution in [2.75, 3.05) is 0 Å². The molecule has 0 aromatic rings. The van der Waals surface area contributed by atoms with Crippen LogP contribution in [0, 0.1) is 0 Å². The van der Waals surface area contributed by atoms with Crippen LogP contribution >= 0.6 is 0 Å². The fourth-order valence-corrected chi connectivity index (χ4v) is 0.234. The van der Waals surface area contributed by atoms with Gasteiger partial charge in [-0.3, -0.25) is 0 Å². The van der Waals surface area contributed by atoms with Gasteiger partial charge in [0.05, 0.1) is 0 Å². The minimum atomic E-state index is -3.41. The van der Waals surface area contributed by atoms with Crippen molar-refractivity contribution in [3.63, 3.8) is 0 Å². The molecule has 0 unspecified atom stereocenters. The summed E-state index contributed by atoms with van der Waals surface area (Å²) in [5.74, 6) is 0. The third-order valence-corrected chi connectivity index (χ3v) is 0.672. The van der Waals surface area contributed by atoms with E-state index in [0.717, 1.165) is 0 Å². The van der Waals surface area contributed by atoms with Crippen molar-refractivity contribution in [1.82, 2.24) is 0 Å². The van der Waals surface area contributed by atoms with Crippen molar-refractivity contribution >= 4 is 0 Å². The van der Waals surface area contributed by atoms with E-state index in [9.17, 15) is 13.2 Å². The van der Waals surface area contributed by atoms with E-state index in [0.29, 0.717) is 0 Å². The van der Waals surface area contributed by atoms with E-state index in [-0.39, 0.29) is 0 Å². The van der Waals surface area contributed by atoms with Gasteiger partial charge in [-0.1, -0.05) is 6.92 Å². The fraction of sp³-hybridized carbons (Fsp3) is 0.600. The quantitative estimate of drug-likeness (QED) is 0.547. The van der Waals surface area contributed by atoms with Crippen molar-refractivity contribution < 1.29 is 17.9 Å². The molecule has 0 amide bonds. The smallest absolute Gasteiger partial charge is 0.399 e. The lowest BCUT2D eigenvalue weighted by atomic mass is 10.5. The summed E-state index contributed by atoms with van der Waals surface area (Å²) in [6.07, 6.45) is -3.97. The van der Waals surface area contributed by atoms with E-state index in [1.807, 2.05) is 0 Å². The van der Waals surface area contributed by atoms with E-state index in [1.54, 1.807) is 0 Å². The first-order valence-electron chi connectivity index (χ1n) is 2.39. The van der Waals surface area contributed by atoms with Gasteiger partial charge in [-0.05, 0) is 6.58 Å². The summed E-state index contributed by atoms with van der Waals surface area (Å²) in [5.41, 5.74) is 0. The lowest BCUT2D eigenvalue weighted by Gasteiger charge is -2.12. The largest absolute Gasteiger partial charge is 0.407 e. The first-order valence-corrected chi connectivity index (χ1v) is 2.39. The summed E-state index contributed by atoms with van der Waals surface area (Å²) in [5, 5.41) is 0. The Morgan fingerprint density at radius 1 is 1.67 bits per heavy atom. The Hall–Kier alpha value is -0.670. The molecule has 0 aliphatic carbocycles. The molecule has 0 N–H and O–H groups in total. The van der Waals surface area contributed by atoms with E-state index in [1.165, 1.54) is 6.92 Å². The van der Waals surface area contributed by atoms with Gasteiger partial charge in [-0.15, -0.1) is 0 Å². The SMILES string of the molecule is C=C(F)OC(F)(F)CC. The molecule has 0 bridgehead atoms. The summed E-state index contributed by atoms with van der Waals surface area (Å²) in [6.45, 7) is 3.70. The highest BCUT2D eigenvalue weighted by molar-refractivity contribution is 4.67. The number of alkyl halides is 2. The van der Waals surface area contributed by atoms with Gasteiger partial charge in [-0.2, -0.15) is 13.2 Å². The monoisotopic (exact) mass is 140 g/mol. The molecule has 0 atom stereocenters. The second-order valence-corrected chi connectivity index (χ2v) is 1.45. The Bertz CT molecular complexity index is 111. The highest BCUT2D eigenvalue weighted by Gasteiger charge is 2.28. The molecule has 0 aromatic heterocycles. The van der Waals surface area contributed by atoms with E-state index in [2.05, 4.69) is 11.3 Å². The first-order chi connectivity index (χ1) is 3.98. The second-order valence-electron chi connectivity index (χ2n) is 1.45. The van der Waals surface area contributed by atoms with Crippen LogP contribution in [0.1, 0.15) is 13.3 Å². The molecule has 0 radical (unpaired) electrons. The zero-order valence-corrected chi connectivity index (χ0v) is 4.96. The highest BCUT2D eigenvalue weighted by atomic mass is 19.3. The molecule has 0 saturated heterocycles. The molecule has 1 nitrogen and oxygen atoms in total. The van der Waals surface area contributed by atoms with Gasteiger partial charge < -0.3 is 4.74 Å². The summed E-state index contributed by atoms with van der Waals surface area (Å²) < 4.78 is 38.6. The lowest BCUT2D eigenvalue weighted by molar-refractivity contribution is -0.226. The molecular formula is C5H7F3O. The van der Waals surface area contributed by atoms with Crippen molar-refractivity contribution in [1.29, 1.82) is 0 Å². The van der Waals surface area contributed by atoms with Crippen LogP contribution in [0.5, 0.6) is 0 Å². The van der Waals surface area contributed by atoms with E-state index in [4.69, 9.17) is 0 Å². The van der Waals surface area contributed by atoms with Crippen LogP contribution in [-0.2, 0) is 4.74 Å². The van der Waals surface area contributed by atoms with Crippen LogP contribution in [0.4, 0.5) is 13.2 Å². The Kier molecular flexibility index (Phi) is 2.55. The molecule has 0 spiro atoms. The molecule has 0 heterocycles. The van der Waals surface area contributed by atoms with Gasteiger partial charge >= 0.3 is 6.11 Å². The average Bonchev–Trinajstić information content (AvgIpc) is 1.63. The molecule has 4 heteroatoms. The number of hydrogen-bond acceptors (Lipinski definition) is 1. The van der Waals surface area contributed by atoms with Crippen LogP contribution in [0.15, 0.2) is 12.6 Å². The van der Waals surface area contributed by atoms with Crippen LogP contribution in [0.2, 0.25) is 0 Å². The maximum atomic E-state index is 11.9. The van der Waals surface area contributed by atoms with Gasteiger partial charge in [0, 0.05) is 6.42 Å². The van der Waals surface area contributed by atoms with Crippen molar-refractivity contribution in [2.24, 2.45) is 0 Å². The Labute approximate surface area is 51.1 Å². The van der Waals surface area contributed by atoms with Gasteiger partial charge in [0.25, 0.3) is 6.01 Å². The Balaban J connectivity index is 3.71. The van der Waals surface area contributed by atoms with Gasteiger partial charge in [0.15, 0.2) is 0 Å². The second kappa shape index (κ2) is 2.75. The lowest BCUT2D eigenvalue weighted by Crippen LogP contribution is -2.17. The molecule has 0 aliphatic rings. The molecule has 54 valence electrons. The Morgan fingerprint density at radius 2 is 2.11 bits per heavy atom. The number of ether oxygens (including phenoxy) is 1. The van der Waals surface area contributed by atoms with Crippen LogP contribution in [0.25, 0.3) is 0 Å². The zero-order valence-electron chi connectivity index (χ0n) is 4.96. The maximum absolute atomic E-state index is 11.9. The Morgan fingerprint density at radius 3 is 2.22 bits per heavy atom. The number of hydrogen-bond donors (Lipinski definition) is 0. The fourth-order valence-electron chi connectivity index (χ4n) is 0.234. The van der Waals surface area contributed by atoms with Gasteiger partial charge in [-0.25, -0.2) is 0 Å². The normalized spacial score (nSPS) is 11.1. The predicted molar refractivity (Wildman–Crippen MR) is 26.6 cm³/mol. The minimum absolute atomic E-state index is 0.560. The molecular weight excluding hydrogens is 133 g/mol.